The van der Waals surface area contributed by atoms with Gasteiger partial charge in [-0.15, -0.1) is 0 Å². The van der Waals surface area contributed by atoms with Gasteiger partial charge in [0.2, 0.25) is 0 Å². The second kappa shape index (κ2) is 5.99. The summed E-state index contributed by atoms with van der Waals surface area (Å²) < 4.78 is 0. The van der Waals surface area contributed by atoms with E-state index in [-0.39, 0.29) is 17.7 Å². The van der Waals surface area contributed by atoms with Crippen molar-refractivity contribution < 1.29 is 5.11 Å². The number of benzene rings is 1. The molecular formula is C15H20N2O2. The molecule has 0 spiro atoms. The predicted molar refractivity (Wildman–Crippen MR) is 77.2 cm³/mol. The van der Waals surface area contributed by atoms with Gasteiger partial charge in [-0.05, 0) is 37.8 Å². The predicted octanol–water partition coefficient (Wildman–Crippen LogP) is 1.78. The Hall–Kier alpha value is -1.65. The fourth-order valence-electron chi connectivity index (χ4n) is 2.20. The molecule has 0 aliphatic rings. The van der Waals surface area contributed by atoms with E-state index in [2.05, 4.69) is 10.3 Å². The molecule has 1 aromatic heterocycles. The third kappa shape index (κ3) is 3.66. The van der Waals surface area contributed by atoms with Crippen LogP contribution < -0.4 is 10.9 Å². The fraction of sp³-hybridized carbons (Fsp3) is 0.400. The first kappa shape index (κ1) is 13.8. The second-order valence-electron chi connectivity index (χ2n) is 5.08. The Labute approximate surface area is 112 Å². The lowest BCUT2D eigenvalue weighted by Crippen LogP contribution is -2.31. The standard InChI is InChI=1S/C15H20N2O2/c1-10(7-11(2)18)16-9-13-8-12-5-3-4-6-14(12)17-15(13)19/h3-6,8,10-11,16,18H,7,9H2,1-2H3,(H,17,19). The molecule has 0 aliphatic heterocycles. The highest BCUT2D eigenvalue weighted by Crippen LogP contribution is 2.10. The number of aromatic amines is 1. The average Bonchev–Trinajstić information content (AvgIpc) is 2.35. The summed E-state index contributed by atoms with van der Waals surface area (Å²) in [5.41, 5.74) is 1.51. The van der Waals surface area contributed by atoms with E-state index >= 15 is 0 Å². The van der Waals surface area contributed by atoms with Crippen molar-refractivity contribution in [3.05, 3.63) is 46.2 Å². The molecule has 4 nitrogen and oxygen atoms in total. The molecule has 2 rings (SSSR count). The third-order valence-corrected chi connectivity index (χ3v) is 3.17. The molecule has 0 radical (unpaired) electrons. The summed E-state index contributed by atoms with van der Waals surface area (Å²) in [6, 6.07) is 9.81. The Balaban J connectivity index is 2.12. The van der Waals surface area contributed by atoms with Gasteiger partial charge < -0.3 is 15.4 Å². The first-order valence-electron chi connectivity index (χ1n) is 6.58. The van der Waals surface area contributed by atoms with Crippen LogP contribution in [-0.4, -0.2) is 22.2 Å². The van der Waals surface area contributed by atoms with Crippen LogP contribution in [0.2, 0.25) is 0 Å². The van der Waals surface area contributed by atoms with Gasteiger partial charge in [0.1, 0.15) is 0 Å². The summed E-state index contributed by atoms with van der Waals surface area (Å²) in [6.07, 6.45) is 0.336. The van der Waals surface area contributed by atoms with Crippen molar-refractivity contribution in [2.45, 2.75) is 39.0 Å². The molecule has 102 valence electrons. The van der Waals surface area contributed by atoms with Gasteiger partial charge in [-0.2, -0.15) is 0 Å². The molecule has 2 atom stereocenters. The van der Waals surface area contributed by atoms with Gasteiger partial charge >= 0.3 is 0 Å². The molecule has 0 aliphatic carbocycles. The van der Waals surface area contributed by atoms with E-state index in [4.69, 9.17) is 0 Å². The molecule has 0 bridgehead atoms. The quantitative estimate of drug-likeness (QED) is 0.767. The topological polar surface area (TPSA) is 65.1 Å². The number of pyridine rings is 1. The van der Waals surface area contributed by atoms with Gasteiger partial charge in [-0.1, -0.05) is 18.2 Å². The summed E-state index contributed by atoms with van der Waals surface area (Å²) in [5, 5.41) is 13.6. The maximum atomic E-state index is 11.9. The Morgan fingerprint density at radius 2 is 2.05 bits per heavy atom. The lowest BCUT2D eigenvalue weighted by Gasteiger charge is -2.15. The second-order valence-corrected chi connectivity index (χ2v) is 5.08. The third-order valence-electron chi connectivity index (χ3n) is 3.17. The average molecular weight is 260 g/mol. The van der Waals surface area contributed by atoms with E-state index < -0.39 is 0 Å². The van der Waals surface area contributed by atoms with Gasteiger partial charge in [0.25, 0.3) is 5.56 Å². The first-order valence-corrected chi connectivity index (χ1v) is 6.58. The zero-order chi connectivity index (χ0) is 13.8. The van der Waals surface area contributed by atoms with Crippen LogP contribution in [0.25, 0.3) is 10.9 Å². The molecule has 3 N–H and O–H groups in total. The molecule has 19 heavy (non-hydrogen) atoms. The van der Waals surface area contributed by atoms with Crippen molar-refractivity contribution in [1.82, 2.24) is 10.3 Å². The lowest BCUT2D eigenvalue weighted by molar-refractivity contribution is 0.170. The van der Waals surface area contributed by atoms with Crippen molar-refractivity contribution in [3.8, 4) is 0 Å². The van der Waals surface area contributed by atoms with Gasteiger partial charge in [0.15, 0.2) is 0 Å². The number of aromatic nitrogens is 1. The number of aliphatic hydroxyl groups is 1. The Kier molecular flexibility index (Phi) is 4.35. The zero-order valence-electron chi connectivity index (χ0n) is 11.3. The summed E-state index contributed by atoms with van der Waals surface area (Å²) >= 11 is 0. The number of fused-ring (bicyclic) bond motifs is 1. The summed E-state index contributed by atoms with van der Waals surface area (Å²) in [5.74, 6) is 0. The van der Waals surface area contributed by atoms with Crippen LogP contribution in [-0.2, 0) is 6.54 Å². The Bertz CT molecular complexity index is 604. The van der Waals surface area contributed by atoms with Crippen LogP contribution in [0.5, 0.6) is 0 Å². The molecular weight excluding hydrogens is 240 g/mol. The van der Waals surface area contributed by atoms with E-state index in [1.54, 1.807) is 6.92 Å². The highest BCUT2D eigenvalue weighted by Gasteiger charge is 2.07. The normalized spacial score (nSPS) is 14.5. The fourth-order valence-corrected chi connectivity index (χ4v) is 2.20. The van der Waals surface area contributed by atoms with E-state index in [0.29, 0.717) is 13.0 Å². The van der Waals surface area contributed by atoms with Crippen LogP contribution in [0.4, 0.5) is 0 Å². The van der Waals surface area contributed by atoms with Crippen LogP contribution in [0.1, 0.15) is 25.8 Å². The van der Waals surface area contributed by atoms with Gasteiger partial charge in [-0.3, -0.25) is 4.79 Å². The summed E-state index contributed by atoms with van der Waals surface area (Å²) in [4.78, 5) is 14.8. The maximum Gasteiger partial charge on any atom is 0.252 e. The Morgan fingerprint density at radius 3 is 2.79 bits per heavy atom. The van der Waals surface area contributed by atoms with Crippen LogP contribution >= 0.6 is 0 Å². The van der Waals surface area contributed by atoms with Crippen molar-refractivity contribution in [1.29, 1.82) is 0 Å². The minimum absolute atomic E-state index is 0.0598. The van der Waals surface area contributed by atoms with E-state index in [1.807, 2.05) is 37.3 Å². The summed E-state index contributed by atoms with van der Waals surface area (Å²) in [6.45, 7) is 4.27. The number of aliphatic hydroxyl groups excluding tert-OH is 1. The number of nitrogens with one attached hydrogen (secondary N) is 2. The smallest absolute Gasteiger partial charge is 0.252 e. The molecule has 2 aromatic rings. The lowest BCUT2D eigenvalue weighted by atomic mass is 10.1. The summed E-state index contributed by atoms with van der Waals surface area (Å²) in [7, 11) is 0. The highest BCUT2D eigenvalue weighted by atomic mass is 16.3. The highest BCUT2D eigenvalue weighted by molar-refractivity contribution is 5.78. The molecule has 2 unspecified atom stereocenters. The van der Waals surface area contributed by atoms with E-state index in [1.165, 1.54) is 0 Å². The number of hydrogen-bond acceptors (Lipinski definition) is 3. The van der Waals surface area contributed by atoms with Crippen LogP contribution in [0, 0.1) is 0 Å². The number of H-pyrrole nitrogens is 1. The molecule has 4 heteroatoms. The molecule has 1 aromatic carbocycles. The molecule has 0 fully saturated rings. The minimum atomic E-state index is -0.336. The largest absolute Gasteiger partial charge is 0.393 e. The van der Waals surface area contributed by atoms with Crippen molar-refractivity contribution in [2.75, 3.05) is 0 Å². The van der Waals surface area contributed by atoms with Crippen molar-refractivity contribution in [3.63, 3.8) is 0 Å². The van der Waals surface area contributed by atoms with Crippen molar-refractivity contribution >= 4 is 10.9 Å². The number of rotatable bonds is 5. The number of para-hydroxylation sites is 1. The molecule has 0 saturated carbocycles. The maximum absolute atomic E-state index is 11.9. The van der Waals surface area contributed by atoms with Crippen LogP contribution in [0.3, 0.4) is 0 Å². The molecule has 0 saturated heterocycles. The SMILES string of the molecule is CC(O)CC(C)NCc1cc2ccccc2[nH]c1=O. The van der Waals surface area contributed by atoms with Crippen molar-refractivity contribution in [2.24, 2.45) is 0 Å². The van der Waals surface area contributed by atoms with Gasteiger partial charge in [0, 0.05) is 23.7 Å². The van der Waals surface area contributed by atoms with Gasteiger partial charge in [0.05, 0.1) is 6.10 Å². The van der Waals surface area contributed by atoms with E-state index in [9.17, 15) is 9.90 Å². The van der Waals surface area contributed by atoms with Gasteiger partial charge in [-0.25, -0.2) is 0 Å². The molecule has 1 heterocycles. The van der Waals surface area contributed by atoms with Crippen LogP contribution in [0.15, 0.2) is 35.1 Å². The minimum Gasteiger partial charge on any atom is -0.393 e. The zero-order valence-corrected chi connectivity index (χ0v) is 11.3. The molecule has 0 amide bonds. The monoisotopic (exact) mass is 260 g/mol. The van der Waals surface area contributed by atoms with E-state index in [0.717, 1.165) is 16.5 Å². The first-order chi connectivity index (χ1) is 9.06. The number of hydrogen-bond donors (Lipinski definition) is 3. The Morgan fingerprint density at radius 1 is 1.32 bits per heavy atom.